The van der Waals surface area contributed by atoms with Crippen LogP contribution in [0.25, 0.3) is 22.2 Å². The van der Waals surface area contributed by atoms with Gasteiger partial charge >= 0.3 is 5.97 Å². The molecule has 0 bridgehead atoms. The van der Waals surface area contributed by atoms with Gasteiger partial charge in [-0.2, -0.15) is 0 Å². The smallest absolute Gasteiger partial charge is 0.339 e. The Morgan fingerprint density at radius 3 is 2.82 bits per heavy atom. The Morgan fingerprint density at radius 2 is 2.06 bits per heavy atom. The van der Waals surface area contributed by atoms with E-state index < -0.39 is 5.97 Å². The number of halogens is 2. The van der Waals surface area contributed by atoms with Crippen molar-refractivity contribution in [3.63, 3.8) is 0 Å². The highest BCUT2D eigenvalue weighted by Crippen LogP contribution is 2.31. The van der Waals surface area contributed by atoms with Crippen molar-refractivity contribution < 1.29 is 19.0 Å². The summed E-state index contributed by atoms with van der Waals surface area (Å²) in [6.45, 7) is 4.90. The van der Waals surface area contributed by atoms with Gasteiger partial charge in [0.25, 0.3) is 0 Å². The molecule has 0 radical (unpaired) electrons. The highest BCUT2D eigenvalue weighted by Gasteiger charge is 2.16. The van der Waals surface area contributed by atoms with Crippen LogP contribution in [0, 0.1) is 12.7 Å². The number of nitrogens with zero attached hydrogens (tertiary/aromatic N) is 3. The Bertz CT molecular complexity index is 1340. The number of para-hydroxylation sites is 1. The van der Waals surface area contributed by atoms with Crippen molar-refractivity contribution in [2.75, 3.05) is 18.5 Å². The van der Waals surface area contributed by atoms with Crippen LogP contribution in [0.15, 0.2) is 48.8 Å². The number of rotatable bonds is 8. The number of hydrogen-bond acceptors (Lipinski definition) is 5. The van der Waals surface area contributed by atoms with Gasteiger partial charge in [-0.25, -0.2) is 19.2 Å². The number of aromatic carboxylic acids is 1. The SMILES string of the molecule is CCOc1cc(-c2cc(NCCn3c(Cl)c(C)c4cccc(F)c43)ncn2)ccc1C(=O)O. The summed E-state index contributed by atoms with van der Waals surface area (Å²) in [7, 11) is 0. The van der Waals surface area contributed by atoms with Crippen LogP contribution in [0.3, 0.4) is 0 Å². The number of nitrogens with one attached hydrogen (secondary N) is 1. The van der Waals surface area contributed by atoms with Gasteiger partial charge < -0.3 is 19.7 Å². The zero-order valence-electron chi connectivity index (χ0n) is 18.1. The fraction of sp³-hybridized carbons (Fsp3) is 0.208. The van der Waals surface area contributed by atoms with Gasteiger partial charge in [-0.15, -0.1) is 0 Å². The van der Waals surface area contributed by atoms with Gasteiger partial charge in [-0.1, -0.05) is 29.8 Å². The number of hydrogen-bond donors (Lipinski definition) is 2. The van der Waals surface area contributed by atoms with Crippen LogP contribution in [0.4, 0.5) is 10.2 Å². The maximum atomic E-state index is 14.4. The summed E-state index contributed by atoms with van der Waals surface area (Å²) in [6.07, 6.45) is 1.42. The van der Waals surface area contributed by atoms with Gasteiger partial charge in [0, 0.05) is 30.1 Å². The van der Waals surface area contributed by atoms with E-state index in [1.807, 2.05) is 13.0 Å². The minimum absolute atomic E-state index is 0.0892. The monoisotopic (exact) mass is 468 g/mol. The fourth-order valence-electron chi connectivity index (χ4n) is 3.75. The van der Waals surface area contributed by atoms with Crippen molar-refractivity contribution in [1.82, 2.24) is 14.5 Å². The molecule has 33 heavy (non-hydrogen) atoms. The van der Waals surface area contributed by atoms with Crippen LogP contribution >= 0.6 is 11.6 Å². The lowest BCUT2D eigenvalue weighted by Gasteiger charge is -2.12. The molecule has 0 saturated heterocycles. The third-order valence-corrected chi connectivity index (χ3v) is 5.81. The predicted octanol–water partition coefficient (Wildman–Crippen LogP) is 5.41. The molecule has 7 nitrogen and oxygen atoms in total. The lowest BCUT2D eigenvalue weighted by molar-refractivity contribution is 0.0692. The standard InChI is InChI=1S/C24H22ClFN4O3/c1-3-33-20-11-15(7-8-17(20)24(31)32)19-12-21(29-13-28-19)27-9-10-30-22-16(14(2)23(30)25)5-4-6-18(22)26/h4-8,11-13H,3,9-10H2,1-2H3,(H,31,32)(H,27,28,29). The van der Waals surface area contributed by atoms with E-state index in [4.69, 9.17) is 16.3 Å². The van der Waals surface area contributed by atoms with Crippen molar-refractivity contribution in [2.24, 2.45) is 0 Å². The van der Waals surface area contributed by atoms with E-state index in [1.54, 1.807) is 35.8 Å². The molecule has 4 rings (SSSR count). The van der Waals surface area contributed by atoms with E-state index in [0.29, 0.717) is 47.4 Å². The van der Waals surface area contributed by atoms with Gasteiger partial charge in [0.1, 0.15) is 34.4 Å². The largest absolute Gasteiger partial charge is 0.493 e. The van der Waals surface area contributed by atoms with Crippen LogP contribution < -0.4 is 10.1 Å². The number of carboxylic acid groups (broad SMARTS) is 1. The Morgan fingerprint density at radius 1 is 1.24 bits per heavy atom. The average molecular weight is 469 g/mol. The molecular weight excluding hydrogens is 447 g/mol. The second-order valence-corrected chi connectivity index (χ2v) is 7.73. The number of carbonyl (C=O) groups is 1. The molecule has 4 aromatic rings. The Balaban J connectivity index is 1.53. The molecule has 0 amide bonds. The topological polar surface area (TPSA) is 89.3 Å². The number of aromatic nitrogens is 3. The molecule has 0 aliphatic heterocycles. The molecule has 2 aromatic heterocycles. The molecule has 9 heteroatoms. The van der Waals surface area contributed by atoms with Crippen LogP contribution in [0.1, 0.15) is 22.8 Å². The van der Waals surface area contributed by atoms with E-state index in [9.17, 15) is 14.3 Å². The number of ether oxygens (including phenoxy) is 1. The summed E-state index contributed by atoms with van der Waals surface area (Å²) in [5.74, 6) is -0.521. The second-order valence-electron chi connectivity index (χ2n) is 7.37. The normalized spacial score (nSPS) is 11.0. The first-order chi connectivity index (χ1) is 15.9. The summed E-state index contributed by atoms with van der Waals surface area (Å²) in [5, 5.41) is 13.9. The van der Waals surface area contributed by atoms with E-state index in [0.717, 1.165) is 10.9 Å². The van der Waals surface area contributed by atoms with E-state index in [-0.39, 0.29) is 17.1 Å². The fourth-order valence-corrected chi connectivity index (χ4v) is 4.03. The average Bonchev–Trinajstić information content (AvgIpc) is 3.05. The third-order valence-electron chi connectivity index (χ3n) is 5.32. The number of anilines is 1. The summed E-state index contributed by atoms with van der Waals surface area (Å²) >= 11 is 6.46. The van der Waals surface area contributed by atoms with Crippen molar-refractivity contribution >= 4 is 34.3 Å². The Labute approximate surface area is 194 Å². The first-order valence-corrected chi connectivity index (χ1v) is 10.8. The van der Waals surface area contributed by atoms with E-state index in [1.165, 1.54) is 18.5 Å². The Hall–Kier alpha value is -3.65. The summed E-state index contributed by atoms with van der Waals surface area (Å²) < 4.78 is 21.7. The van der Waals surface area contributed by atoms with E-state index >= 15 is 0 Å². The molecule has 2 aromatic carbocycles. The molecule has 170 valence electrons. The molecule has 0 saturated carbocycles. The van der Waals surface area contributed by atoms with Crippen LogP contribution in [-0.2, 0) is 6.54 Å². The minimum Gasteiger partial charge on any atom is -0.493 e. The second kappa shape index (κ2) is 9.46. The van der Waals surface area contributed by atoms with Crippen LogP contribution in [0.5, 0.6) is 5.75 Å². The predicted molar refractivity (Wildman–Crippen MR) is 126 cm³/mol. The molecule has 0 aliphatic carbocycles. The summed E-state index contributed by atoms with van der Waals surface area (Å²) in [5.41, 5.74) is 2.71. The van der Waals surface area contributed by atoms with Gasteiger partial charge in [-0.05, 0) is 37.6 Å². The molecule has 2 N–H and O–H groups in total. The molecule has 0 spiro atoms. The van der Waals surface area contributed by atoms with Crippen LogP contribution in [0.2, 0.25) is 5.15 Å². The first-order valence-electron chi connectivity index (χ1n) is 10.4. The first kappa shape index (κ1) is 22.5. The summed E-state index contributed by atoms with van der Waals surface area (Å²) in [4.78, 5) is 19.9. The maximum absolute atomic E-state index is 14.4. The van der Waals surface area contributed by atoms with Crippen molar-refractivity contribution in [1.29, 1.82) is 0 Å². The van der Waals surface area contributed by atoms with Crippen molar-refractivity contribution in [3.8, 4) is 17.0 Å². The zero-order valence-corrected chi connectivity index (χ0v) is 18.9. The minimum atomic E-state index is -1.06. The number of carboxylic acids is 1. The highest BCUT2D eigenvalue weighted by molar-refractivity contribution is 6.32. The molecule has 0 fully saturated rings. The molecule has 0 unspecified atom stereocenters. The maximum Gasteiger partial charge on any atom is 0.339 e. The zero-order chi connectivity index (χ0) is 23.5. The number of fused-ring (bicyclic) bond motifs is 1. The molecule has 0 aliphatic rings. The third kappa shape index (κ3) is 4.47. The lowest BCUT2D eigenvalue weighted by atomic mass is 10.1. The summed E-state index contributed by atoms with van der Waals surface area (Å²) in [6, 6.07) is 11.5. The van der Waals surface area contributed by atoms with Crippen molar-refractivity contribution in [3.05, 3.63) is 70.9 Å². The molecule has 2 heterocycles. The van der Waals surface area contributed by atoms with Gasteiger partial charge in [0.15, 0.2) is 0 Å². The molecule has 0 atom stereocenters. The molecular formula is C24H22ClFN4O3. The van der Waals surface area contributed by atoms with Gasteiger partial charge in [-0.3, -0.25) is 0 Å². The number of aryl methyl sites for hydroxylation is 1. The lowest BCUT2D eigenvalue weighted by Crippen LogP contribution is -2.12. The van der Waals surface area contributed by atoms with E-state index in [2.05, 4.69) is 15.3 Å². The van der Waals surface area contributed by atoms with Crippen molar-refractivity contribution in [2.45, 2.75) is 20.4 Å². The number of benzene rings is 2. The highest BCUT2D eigenvalue weighted by atomic mass is 35.5. The van der Waals surface area contributed by atoms with Crippen LogP contribution in [-0.4, -0.2) is 38.8 Å². The van der Waals surface area contributed by atoms with Gasteiger partial charge in [0.2, 0.25) is 0 Å². The Kier molecular flexibility index (Phi) is 6.46. The van der Waals surface area contributed by atoms with Gasteiger partial charge in [0.05, 0.1) is 17.8 Å². The quantitative estimate of drug-likeness (QED) is 0.359.